The molecule has 2 atom stereocenters. The summed E-state index contributed by atoms with van der Waals surface area (Å²) in [7, 11) is 0. The normalized spacial score (nSPS) is 21.9. The number of amides is 1. The topological polar surface area (TPSA) is 69.6 Å². The van der Waals surface area contributed by atoms with E-state index in [0.717, 1.165) is 32.2 Å². The molecule has 98 valence electrons. The van der Waals surface area contributed by atoms with Gasteiger partial charge in [0.05, 0.1) is 6.04 Å². The van der Waals surface area contributed by atoms with Crippen LogP contribution in [-0.4, -0.2) is 47.1 Å². The van der Waals surface area contributed by atoms with Gasteiger partial charge >= 0.3 is 5.97 Å². The van der Waals surface area contributed by atoms with Crippen LogP contribution in [0.1, 0.15) is 39.5 Å². The lowest BCUT2D eigenvalue weighted by Gasteiger charge is -2.32. The van der Waals surface area contributed by atoms with E-state index in [-0.39, 0.29) is 24.5 Å². The predicted octanol–water partition coefficient (Wildman–Crippen LogP) is 0.840. The van der Waals surface area contributed by atoms with Crippen LogP contribution in [0.5, 0.6) is 0 Å². The zero-order valence-corrected chi connectivity index (χ0v) is 10.6. The summed E-state index contributed by atoms with van der Waals surface area (Å²) in [5.74, 6) is -1.02. The number of nitrogens with one attached hydrogen (secondary N) is 1. The van der Waals surface area contributed by atoms with Crippen LogP contribution in [0.4, 0.5) is 0 Å². The molecule has 2 N–H and O–H groups in total. The van der Waals surface area contributed by atoms with Gasteiger partial charge in [-0.1, -0.05) is 13.3 Å². The van der Waals surface area contributed by atoms with E-state index in [1.165, 1.54) is 4.90 Å². The zero-order valence-electron chi connectivity index (χ0n) is 10.6. The molecule has 1 rings (SSSR count). The Balaban J connectivity index is 2.66. The summed E-state index contributed by atoms with van der Waals surface area (Å²) in [5.41, 5.74) is 0. The summed E-state index contributed by atoms with van der Waals surface area (Å²) in [4.78, 5) is 24.5. The molecule has 0 spiro atoms. The van der Waals surface area contributed by atoms with Crippen molar-refractivity contribution in [3.05, 3.63) is 0 Å². The van der Waals surface area contributed by atoms with Gasteiger partial charge in [-0.2, -0.15) is 0 Å². The summed E-state index contributed by atoms with van der Waals surface area (Å²) in [6.07, 6.45) is 3.70. The number of hydrogen-bond donors (Lipinski definition) is 2. The van der Waals surface area contributed by atoms with Crippen LogP contribution in [0.3, 0.4) is 0 Å². The van der Waals surface area contributed by atoms with Gasteiger partial charge in [0.15, 0.2) is 0 Å². The molecule has 0 aromatic carbocycles. The SMILES string of the molecule is CCC(C)N(CC(=O)O)C(=O)[C@H]1CCCCN1. The number of carboxylic acid groups (broad SMARTS) is 1. The molecule has 0 aromatic rings. The highest BCUT2D eigenvalue weighted by atomic mass is 16.4. The number of aliphatic carboxylic acids is 1. The minimum Gasteiger partial charge on any atom is -0.480 e. The number of hydrogen-bond acceptors (Lipinski definition) is 3. The Kier molecular flexibility index (Phi) is 5.41. The lowest BCUT2D eigenvalue weighted by molar-refractivity contribution is -0.147. The van der Waals surface area contributed by atoms with Crippen molar-refractivity contribution in [2.45, 2.75) is 51.6 Å². The fourth-order valence-corrected chi connectivity index (χ4v) is 2.08. The van der Waals surface area contributed by atoms with Crippen molar-refractivity contribution < 1.29 is 14.7 Å². The number of nitrogens with zero attached hydrogens (tertiary/aromatic N) is 1. The van der Waals surface area contributed by atoms with E-state index in [1.807, 2.05) is 13.8 Å². The Morgan fingerprint density at radius 1 is 1.47 bits per heavy atom. The van der Waals surface area contributed by atoms with E-state index in [1.54, 1.807) is 0 Å². The lowest BCUT2D eigenvalue weighted by atomic mass is 10.0. The van der Waals surface area contributed by atoms with E-state index < -0.39 is 5.97 Å². The third kappa shape index (κ3) is 4.00. The van der Waals surface area contributed by atoms with Gasteiger partial charge in [0, 0.05) is 6.04 Å². The van der Waals surface area contributed by atoms with Crippen LogP contribution in [0.25, 0.3) is 0 Å². The maximum absolute atomic E-state index is 12.2. The molecule has 17 heavy (non-hydrogen) atoms. The zero-order chi connectivity index (χ0) is 12.8. The van der Waals surface area contributed by atoms with Gasteiger partial charge in [0.1, 0.15) is 6.54 Å². The fourth-order valence-electron chi connectivity index (χ4n) is 2.08. The third-order valence-electron chi connectivity index (χ3n) is 3.32. The Morgan fingerprint density at radius 3 is 2.65 bits per heavy atom. The van der Waals surface area contributed by atoms with Crippen molar-refractivity contribution in [2.75, 3.05) is 13.1 Å². The van der Waals surface area contributed by atoms with Crippen molar-refractivity contribution in [1.82, 2.24) is 10.2 Å². The molecule has 5 nitrogen and oxygen atoms in total. The van der Waals surface area contributed by atoms with Crippen LogP contribution in [-0.2, 0) is 9.59 Å². The molecule has 1 unspecified atom stereocenters. The van der Waals surface area contributed by atoms with E-state index in [4.69, 9.17) is 5.11 Å². The Labute approximate surface area is 102 Å². The second kappa shape index (κ2) is 6.59. The first-order chi connectivity index (χ1) is 8.06. The van der Waals surface area contributed by atoms with Crippen molar-refractivity contribution in [3.63, 3.8) is 0 Å². The maximum atomic E-state index is 12.2. The van der Waals surface area contributed by atoms with Gasteiger partial charge in [0.2, 0.25) is 5.91 Å². The molecule has 1 saturated heterocycles. The highest BCUT2D eigenvalue weighted by molar-refractivity contribution is 5.85. The monoisotopic (exact) mass is 242 g/mol. The van der Waals surface area contributed by atoms with Gasteiger partial charge in [-0.05, 0) is 32.7 Å². The molecule has 1 aliphatic rings. The second-order valence-corrected chi connectivity index (χ2v) is 4.62. The highest BCUT2D eigenvalue weighted by Gasteiger charge is 2.29. The molecule has 0 radical (unpaired) electrons. The Hall–Kier alpha value is -1.10. The van der Waals surface area contributed by atoms with Crippen LogP contribution in [0, 0.1) is 0 Å². The van der Waals surface area contributed by atoms with Crippen molar-refractivity contribution in [1.29, 1.82) is 0 Å². The number of carbonyl (C=O) groups is 2. The molecular weight excluding hydrogens is 220 g/mol. The smallest absolute Gasteiger partial charge is 0.323 e. The van der Waals surface area contributed by atoms with Gasteiger partial charge in [-0.15, -0.1) is 0 Å². The molecular formula is C12H22N2O3. The summed E-state index contributed by atoms with van der Waals surface area (Å²) in [5, 5.41) is 12.0. The van der Waals surface area contributed by atoms with Gasteiger partial charge in [-0.25, -0.2) is 0 Å². The van der Waals surface area contributed by atoms with Crippen molar-refractivity contribution >= 4 is 11.9 Å². The van der Waals surface area contributed by atoms with Gasteiger partial charge in [-0.3, -0.25) is 9.59 Å². The highest BCUT2D eigenvalue weighted by Crippen LogP contribution is 2.13. The standard InChI is InChI=1S/C12H22N2O3/c1-3-9(2)14(8-11(15)16)12(17)10-6-4-5-7-13-10/h9-10,13H,3-8H2,1-2H3,(H,15,16)/t9?,10-/m1/s1. The molecule has 0 bridgehead atoms. The van der Waals surface area contributed by atoms with E-state index in [0.29, 0.717) is 0 Å². The molecule has 0 aromatic heterocycles. The summed E-state index contributed by atoms with van der Waals surface area (Å²) in [6.45, 7) is 4.49. The second-order valence-electron chi connectivity index (χ2n) is 4.62. The Bertz CT molecular complexity index is 275. The predicted molar refractivity (Wildman–Crippen MR) is 64.7 cm³/mol. The van der Waals surface area contributed by atoms with E-state index in [9.17, 15) is 9.59 Å². The fraction of sp³-hybridized carbons (Fsp3) is 0.833. The first-order valence-corrected chi connectivity index (χ1v) is 6.32. The Morgan fingerprint density at radius 2 is 2.18 bits per heavy atom. The summed E-state index contributed by atoms with van der Waals surface area (Å²) >= 11 is 0. The molecule has 1 fully saturated rings. The number of carbonyl (C=O) groups excluding carboxylic acids is 1. The number of rotatable bonds is 5. The maximum Gasteiger partial charge on any atom is 0.323 e. The first-order valence-electron chi connectivity index (χ1n) is 6.32. The number of piperidine rings is 1. The lowest BCUT2D eigenvalue weighted by Crippen LogP contribution is -2.52. The molecule has 0 aliphatic carbocycles. The molecule has 1 heterocycles. The average Bonchev–Trinajstić information content (AvgIpc) is 2.35. The van der Waals surface area contributed by atoms with E-state index in [2.05, 4.69) is 5.32 Å². The van der Waals surface area contributed by atoms with Crippen LogP contribution < -0.4 is 5.32 Å². The molecule has 5 heteroatoms. The van der Waals surface area contributed by atoms with Crippen LogP contribution in [0.15, 0.2) is 0 Å². The van der Waals surface area contributed by atoms with Gasteiger partial charge < -0.3 is 15.3 Å². The third-order valence-corrected chi connectivity index (χ3v) is 3.32. The first kappa shape index (κ1) is 14.0. The van der Waals surface area contributed by atoms with Crippen LogP contribution in [0.2, 0.25) is 0 Å². The van der Waals surface area contributed by atoms with Gasteiger partial charge in [0.25, 0.3) is 0 Å². The summed E-state index contributed by atoms with van der Waals surface area (Å²) < 4.78 is 0. The molecule has 1 aliphatic heterocycles. The minimum atomic E-state index is -0.950. The quantitative estimate of drug-likeness (QED) is 0.749. The van der Waals surface area contributed by atoms with Crippen LogP contribution >= 0.6 is 0 Å². The van der Waals surface area contributed by atoms with Crippen molar-refractivity contribution in [3.8, 4) is 0 Å². The molecule has 1 amide bonds. The summed E-state index contributed by atoms with van der Waals surface area (Å²) in [6, 6.07) is -0.223. The molecule has 0 saturated carbocycles. The minimum absolute atomic E-state index is 0.0256. The van der Waals surface area contributed by atoms with E-state index >= 15 is 0 Å². The largest absolute Gasteiger partial charge is 0.480 e. The average molecular weight is 242 g/mol. The number of carboxylic acids is 1. The van der Waals surface area contributed by atoms with Crippen molar-refractivity contribution in [2.24, 2.45) is 0 Å².